The number of ether oxygens (including phenoxy) is 1. The third-order valence-electron chi connectivity index (χ3n) is 3.91. The molecule has 1 aliphatic rings. The van der Waals surface area contributed by atoms with E-state index in [0.29, 0.717) is 26.1 Å². The lowest BCUT2D eigenvalue weighted by atomic mass is 10.1. The smallest absolute Gasteiger partial charge is 0.222 e. The van der Waals surface area contributed by atoms with Crippen LogP contribution in [0.25, 0.3) is 0 Å². The molecule has 7 nitrogen and oxygen atoms in total. The number of imidazole rings is 1. The van der Waals surface area contributed by atoms with Crippen LogP contribution in [0.2, 0.25) is 0 Å². The molecule has 0 radical (unpaired) electrons. The van der Waals surface area contributed by atoms with E-state index in [1.165, 1.54) is 0 Å². The Kier molecular flexibility index (Phi) is 4.97. The van der Waals surface area contributed by atoms with Crippen molar-refractivity contribution in [2.24, 2.45) is 0 Å². The van der Waals surface area contributed by atoms with Crippen LogP contribution < -0.4 is 0 Å². The van der Waals surface area contributed by atoms with Crippen molar-refractivity contribution in [3.63, 3.8) is 0 Å². The molecule has 122 valence electrons. The first-order valence-electron chi connectivity index (χ1n) is 7.87. The Balaban J connectivity index is 1.52. The Labute approximate surface area is 135 Å². The Morgan fingerprint density at radius 1 is 1.43 bits per heavy atom. The highest BCUT2D eigenvalue weighted by molar-refractivity contribution is 5.76. The van der Waals surface area contributed by atoms with E-state index in [1.54, 1.807) is 18.7 Å². The molecule has 2 aromatic heterocycles. The molecule has 0 bridgehead atoms. The molecule has 1 atom stereocenters. The van der Waals surface area contributed by atoms with Gasteiger partial charge in [0.15, 0.2) is 0 Å². The Morgan fingerprint density at radius 3 is 3.13 bits per heavy atom. The number of aromatic nitrogens is 4. The number of hydrogen-bond donors (Lipinski definition) is 0. The van der Waals surface area contributed by atoms with Crippen LogP contribution in [-0.4, -0.2) is 50.0 Å². The maximum Gasteiger partial charge on any atom is 0.222 e. The highest BCUT2D eigenvalue weighted by Crippen LogP contribution is 2.21. The lowest BCUT2D eigenvalue weighted by molar-refractivity contribution is -0.139. The molecule has 7 heteroatoms. The summed E-state index contributed by atoms with van der Waals surface area (Å²) in [6, 6.07) is 1.85. The highest BCUT2D eigenvalue weighted by atomic mass is 16.5. The van der Waals surface area contributed by atoms with E-state index in [-0.39, 0.29) is 12.0 Å². The van der Waals surface area contributed by atoms with Crippen LogP contribution in [0.5, 0.6) is 0 Å². The lowest BCUT2D eigenvalue weighted by Crippen LogP contribution is -2.42. The van der Waals surface area contributed by atoms with Gasteiger partial charge in [-0.1, -0.05) is 0 Å². The molecule has 23 heavy (non-hydrogen) atoms. The van der Waals surface area contributed by atoms with Crippen molar-refractivity contribution in [3.8, 4) is 0 Å². The molecule has 1 aliphatic heterocycles. The van der Waals surface area contributed by atoms with Gasteiger partial charge in [-0.25, -0.2) is 15.0 Å². The van der Waals surface area contributed by atoms with E-state index in [0.717, 1.165) is 24.5 Å². The average Bonchev–Trinajstić information content (AvgIpc) is 3.08. The Hall–Kier alpha value is -2.28. The summed E-state index contributed by atoms with van der Waals surface area (Å²) in [5.41, 5.74) is 0.841. The summed E-state index contributed by atoms with van der Waals surface area (Å²) in [7, 11) is 0. The van der Waals surface area contributed by atoms with Gasteiger partial charge in [0, 0.05) is 38.1 Å². The van der Waals surface area contributed by atoms with Crippen molar-refractivity contribution in [3.05, 3.63) is 42.5 Å². The first-order chi connectivity index (χ1) is 11.2. The molecule has 3 heterocycles. The second kappa shape index (κ2) is 7.32. The van der Waals surface area contributed by atoms with E-state index in [2.05, 4.69) is 15.0 Å². The fourth-order valence-corrected chi connectivity index (χ4v) is 2.70. The zero-order chi connectivity index (χ0) is 16.1. The number of amides is 1. The van der Waals surface area contributed by atoms with Crippen LogP contribution in [0.15, 0.2) is 31.0 Å². The SMILES string of the molecule is Cc1nccc([C@H]2CN(C(=O)CCCn3ccnc3)CCO2)n1. The summed E-state index contributed by atoms with van der Waals surface area (Å²) >= 11 is 0. The van der Waals surface area contributed by atoms with Gasteiger partial charge < -0.3 is 14.2 Å². The van der Waals surface area contributed by atoms with E-state index < -0.39 is 0 Å². The van der Waals surface area contributed by atoms with E-state index in [9.17, 15) is 4.79 Å². The minimum absolute atomic E-state index is 0.164. The van der Waals surface area contributed by atoms with Gasteiger partial charge in [0.25, 0.3) is 0 Å². The minimum atomic E-state index is -0.164. The van der Waals surface area contributed by atoms with Gasteiger partial charge in [0.05, 0.1) is 25.2 Å². The third kappa shape index (κ3) is 4.13. The van der Waals surface area contributed by atoms with Crippen molar-refractivity contribution in [1.82, 2.24) is 24.4 Å². The normalized spacial score (nSPS) is 18.1. The maximum atomic E-state index is 12.4. The second-order valence-corrected chi connectivity index (χ2v) is 5.63. The Bertz CT molecular complexity index is 644. The van der Waals surface area contributed by atoms with Crippen molar-refractivity contribution in [1.29, 1.82) is 0 Å². The number of carbonyl (C=O) groups is 1. The summed E-state index contributed by atoms with van der Waals surface area (Å²) in [5, 5.41) is 0. The third-order valence-corrected chi connectivity index (χ3v) is 3.91. The van der Waals surface area contributed by atoms with Crippen molar-refractivity contribution in [2.75, 3.05) is 19.7 Å². The van der Waals surface area contributed by atoms with E-state index in [4.69, 9.17) is 4.74 Å². The van der Waals surface area contributed by atoms with Gasteiger partial charge in [-0.3, -0.25) is 4.79 Å². The van der Waals surface area contributed by atoms with E-state index in [1.807, 2.05) is 28.7 Å². The van der Waals surface area contributed by atoms with Crippen molar-refractivity contribution < 1.29 is 9.53 Å². The molecule has 1 amide bonds. The number of aryl methyl sites for hydroxylation is 2. The maximum absolute atomic E-state index is 12.4. The number of morpholine rings is 1. The highest BCUT2D eigenvalue weighted by Gasteiger charge is 2.26. The standard InChI is InChI=1S/C16H21N5O2/c1-13-18-5-4-14(19-13)15-11-21(9-10-23-15)16(22)3-2-7-20-8-6-17-12-20/h4-6,8,12,15H,2-3,7,9-11H2,1H3/t15-/m1/s1. The number of rotatable bonds is 5. The molecule has 2 aromatic rings. The zero-order valence-electron chi connectivity index (χ0n) is 13.3. The largest absolute Gasteiger partial charge is 0.368 e. The van der Waals surface area contributed by atoms with Gasteiger partial charge in [-0.15, -0.1) is 0 Å². The van der Waals surface area contributed by atoms with Gasteiger partial charge >= 0.3 is 0 Å². The van der Waals surface area contributed by atoms with Crippen molar-refractivity contribution >= 4 is 5.91 Å². The van der Waals surface area contributed by atoms with Gasteiger partial charge in [-0.05, 0) is 19.4 Å². The summed E-state index contributed by atoms with van der Waals surface area (Å²) in [4.78, 5) is 26.8. The molecule has 0 saturated carbocycles. The minimum Gasteiger partial charge on any atom is -0.368 e. The predicted octanol–water partition coefficient (Wildman–Crippen LogP) is 1.36. The number of nitrogens with zero attached hydrogens (tertiary/aromatic N) is 5. The lowest BCUT2D eigenvalue weighted by Gasteiger charge is -2.32. The quantitative estimate of drug-likeness (QED) is 0.833. The molecule has 0 aliphatic carbocycles. The fourth-order valence-electron chi connectivity index (χ4n) is 2.70. The molecule has 0 N–H and O–H groups in total. The summed E-state index contributed by atoms with van der Waals surface area (Å²) in [6.07, 6.45) is 8.34. The first kappa shape index (κ1) is 15.6. The van der Waals surface area contributed by atoms with Crippen LogP contribution in [0.4, 0.5) is 0 Å². The summed E-state index contributed by atoms with van der Waals surface area (Å²) < 4.78 is 7.75. The van der Waals surface area contributed by atoms with Crippen LogP contribution in [0, 0.1) is 6.92 Å². The monoisotopic (exact) mass is 315 g/mol. The molecule has 3 rings (SSSR count). The molecular formula is C16H21N5O2. The molecular weight excluding hydrogens is 294 g/mol. The first-order valence-corrected chi connectivity index (χ1v) is 7.87. The zero-order valence-corrected chi connectivity index (χ0v) is 13.3. The van der Waals surface area contributed by atoms with Gasteiger partial charge in [0.2, 0.25) is 5.91 Å². The van der Waals surface area contributed by atoms with Crippen LogP contribution >= 0.6 is 0 Å². The second-order valence-electron chi connectivity index (χ2n) is 5.63. The predicted molar refractivity (Wildman–Crippen MR) is 83.5 cm³/mol. The molecule has 0 spiro atoms. The van der Waals surface area contributed by atoms with Crippen LogP contribution in [-0.2, 0) is 16.1 Å². The summed E-state index contributed by atoms with van der Waals surface area (Å²) in [6.45, 7) is 4.40. The average molecular weight is 315 g/mol. The number of hydrogen-bond acceptors (Lipinski definition) is 5. The van der Waals surface area contributed by atoms with Crippen molar-refractivity contribution in [2.45, 2.75) is 32.4 Å². The van der Waals surface area contributed by atoms with Gasteiger partial charge in [0.1, 0.15) is 11.9 Å². The summed E-state index contributed by atoms with van der Waals surface area (Å²) in [5.74, 6) is 0.888. The van der Waals surface area contributed by atoms with Gasteiger partial charge in [-0.2, -0.15) is 0 Å². The number of carbonyl (C=O) groups excluding carboxylic acids is 1. The molecule has 0 unspecified atom stereocenters. The molecule has 1 fully saturated rings. The van der Waals surface area contributed by atoms with Crippen LogP contribution in [0.3, 0.4) is 0 Å². The molecule has 0 aromatic carbocycles. The molecule has 1 saturated heterocycles. The Morgan fingerprint density at radius 2 is 2.35 bits per heavy atom. The van der Waals surface area contributed by atoms with E-state index >= 15 is 0 Å². The topological polar surface area (TPSA) is 73.1 Å². The fraction of sp³-hybridized carbons (Fsp3) is 0.500. The van der Waals surface area contributed by atoms with Crippen LogP contribution in [0.1, 0.15) is 30.5 Å².